The van der Waals surface area contributed by atoms with Gasteiger partial charge in [0.05, 0.1) is 0 Å². The monoisotopic (exact) mass is 341 g/mol. The first-order valence-corrected chi connectivity index (χ1v) is 8.98. The fraction of sp³-hybridized carbons (Fsp3) is 0.625. The maximum atomic E-state index is 6.40. The van der Waals surface area contributed by atoms with E-state index in [1.54, 1.807) is 0 Å². The van der Waals surface area contributed by atoms with Crippen LogP contribution in [0.1, 0.15) is 33.1 Å². The maximum Gasteiger partial charge on any atom is 0.0176 e. The predicted molar refractivity (Wildman–Crippen MR) is 88.5 cm³/mol. The molecule has 0 spiro atoms. The minimum atomic E-state index is 0.337. The van der Waals surface area contributed by atoms with Crippen LogP contribution in [0.5, 0.6) is 0 Å². The van der Waals surface area contributed by atoms with Crippen LogP contribution in [0.2, 0.25) is 0 Å². The maximum absolute atomic E-state index is 6.40. The van der Waals surface area contributed by atoms with Gasteiger partial charge >= 0.3 is 0 Å². The quantitative estimate of drug-likeness (QED) is 0.784. The molecular formula is C16H24BrNS. The molecule has 19 heavy (non-hydrogen) atoms. The van der Waals surface area contributed by atoms with Crippen molar-refractivity contribution >= 4 is 27.7 Å². The molecule has 3 heteroatoms. The standard InChI is InChI=1S/C16H24BrNS/c1-11-3-4-13(9-12(11)2)16(18)10-19-15-7-5-14(17)6-8-15/h5-8,11-13,16H,3-4,9-10,18H2,1-2H3. The third kappa shape index (κ3) is 4.51. The zero-order valence-corrected chi connectivity index (χ0v) is 14.2. The number of benzene rings is 1. The Hall–Kier alpha value is 0.01000. The molecule has 0 heterocycles. The summed E-state index contributed by atoms with van der Waals surface area (Å²) < 4.78 is 1.14. The van der Waals surface area contributed by atoms with E-state index in [2.05, 4.69) is 54.0 Å². The molecule has 2 N–H and O–H groups in total. The lowest BCUT2D eigenvalue weighted by molar-refractivity contribution is 0.192. The van der Waals surface area contributed by atoms with E-state index in [1.165, 1.54) is 24.2 Å². The van der Waals surface area contributed by atoms with E-state index < -0.39 is 0 Å². The number of hydrogen-bond acceptors (Lipinski definition) is 2. The molecule has 1 aliphatic carbocycles. The van der Waals surface area contributed by atoms with Crippen molar-refractivity contribution in [2.45, 2.75) is 44.0 Å². The van der Waals surface area contributed by atoms with Gasteiger partial charge in [-0.3, -0.25) is 0 Å². The summed E-state index contributed by atoms with van der Waals surface area (Å²) in [5.74, 6) is 3.46. The molecule has 1 fully saturated rings. The number of halogens is 1. The highest BCUT2D eigenvalue weighted by atomic mass is 79.9. The van der Waals surface area contributed by atoms with Gasteiger partial charge in [0.25, 0.3) is 0 Å². The Morgan fingerprint density at radius 2 is 1.89 bits per heavy atom. The summed E-state index contributed by atoms with van der Waals surface area (Å²) in [5, 5.41) is 0. The van der Waals surface area contributed by atoms with E-state index in [9.17, 15) is 0 Å². The molecular weight excluding hydrogens is 318 g/mol. The van der Waals surface area contributed by atoms with E-state index in [-0.39, 0.29) is 0 Å². The number of rotatable bonds is 4. The summed E-state index contributed by atoms with van der Waals surface area (Å²) in [4.78, 5) is 1.32. The van der Waals surface area contributed by atoms with Gasteiger partial charge in [-0.25, -0.2) is 0 Å². The molecule has 4 atom stereocenters. The van der Waals surface area contributed by atoms with Crippen LogP contribution in [0.3, 0.4) is 0 Å². The normalized spacial score (nSPS) is 29.2. The van der Waals surface area contributed by atoms with Crippen molar-refractivity contribution in [1.82, 2.24) is 0 Å². The predicted octanol–water partition coefficient (Wildman–Crippen LogP) is 4.94. The first kappa shape index (κ1) is 15.4. The average molecular weight is 342 g/mol. The Labute approximate surface area is 129 Å². The Balaban J connectivity index is 1.81. The summed E-state index contributed by atoms with van der Waals surface area (Å²) in [6, 6.07) is 8.85. The highest BCUT2D eigenvalue weighted by Gasteiger charge is 2.28. The van der Waals surface area contributed by atoms with Gasteiger partial charge < -0.3 is 5.73 Å². The van der Waals surface area contributed by atoms with E-state index in [0.717, 1.165) is 22.1 Å². The number of thioether (sulfide) groups is 1. The molecule has 0 aliphatic heterocycles. The van der Waals surface area contributed by atoms with Gasteiger partial charge in [0.15, 0.2) is 0 Å². The minimum absolute atomic E-state index is 0.337. The van der Waals surface area contributed by atoms with Crippen molar-refractivity contribution in [3.05, 3.63) is 28.7 Å². The van der Waals surface area contributed by atoms with Crippen LogP contribution < -0.4 is 5.73 Å². The summed E-state index contributed by atoms with van der Waals surface area (Å²) in [5.41, 5.74) is 6.40. The smallest absolute Gasteiger partial charge is 0.0176 e. The molecule has 1 aliphatic rings. The lowest BCUT2D eigenvalue weighted by Crippen LogP contribution is -2.37. The molecule has 1 aromatic carbocycles. The molecule has 0 aromatic heterocycles. The van der Waals surface area contributed by atoms with Gasteiger partial charge in [-0.05, 0) is 54.9 Å². The first-order chi connectivity index (χ1) is 9.06. The largest absolute Gasteiger partial charge is 0.327 e. The average Bonchev–Trinajstić information content (AvgIpc) is 2.41. The van der Waals surface area contributed by atoms with Crippen molar-refractivity contribution in [2.24, 2.45) is 23.5 Å². The second-order valence-electron chi connectivity index (χ2n) is 5.96. The van der Waals surface area contributed by atoms with Gasteiger partial charge in [-0.15, -0.1) is 11.8 Å². The van der Waals surface area contributed by atoms with Crippen LogP contribution in [0.15, 0.2) is 33.6 Å². The van der Waals surface area contributed by atoms with Gasteiger partial charge in [0.1, 0.15) is 0 Å². The second kappa shape index (κ2) is 7.14. The fourth-order valence-corrected chi connectivity index (χ4v) is 4.09. The molecule has 0 radical (unpaired) electrons. The molecule has 0 bridgehead atoms. The van der Waals surface area contributed by atoms with Crippen LogP contribution >= 0.6 is 27.7 Å². The third-order valence-electron chi connectivity index (χ3n) is 4.50. The molecule has 4 unspecified atom stereocenters. The zero-order valence-electron chi connectivity index (χ0n) is 11.8. The highest BCUT2D eigenvalue weighted by molar-refractivity contribution is 9.10. The SMILES string of the molecule is CC1CCC(C(N)CSc2ccc(Br)cc2)CC1C. The Morgan fingerprint density at radius 3 is 2.53 bits per heavy atom. The second-order valence-corrected chi connectivity index (χ2v) is 7.97. The summed E-state index contributed by atoms with van der Waals surface area (Å²) >= 11 is 5.35. The van der Waals surface area contributed by atoms with Crippen molar-refractivity contribution in [3.8, 4) is 0 Å². The Morgan fingerprint density at radius 1 is 1.21 bits per heavy atom. The van der Waals surface area contributed by atoms with E-state index in [0.29, 0.717) is 12.0 Å². The van der Waals surface area contributed by atoms with Crippen molar-refractivity contribution in [1.29, 1.82) is 0 Å². The van der Waals surface area contributed by atoms with Crippen molar-refractivity contribution < 1.29 is 0 Å². The van der Waals surface area contributed by atoms with Gasteiger partial charge in [-0.2, -0.15) is 0 Å². The minimum Gasteiger partial charge on any atom is -0.327 e. The Bertz CT molecular complexity index is 392. The van der Waals surface area contributed by atoms with E-state index >= 15 is 0 Å². The summed E-state index contributed by atoms with van der Waals surface area (Å²) in [6.45, 7) is 4.76. The topological polar surface area (TPSA) is 26.0 Å². The number of hydrogen-bond donors (Lipinski definition) is 1. The molecule has 1 aromatic rings. The van der Waals surface area contributed by atoms with E-state index in [1.807, 2.05) is 11.8 Å². The van der Waals surface area contributed by atoms with E-state index in [4.69, 9.17) is 5.73 Å². The van der Waals surface area contributed by atoms with Gasteiger partial charge in [0, 0.05) is 21.2 Å². The van der Waals surface area contributed by atoms with Gasteiger partial charge in [0.2, 0.25) is 0 Å². The lowest BCUT2D eigenvalue weighted by atomic mass is 9.74. The highest BCUT2D eigenvalue weighted by Crippen LogP contribution is 2.35. The number of nitrogens with two attached hydrogens (primary N) is 1. The van der Waals surface area contributed by atoms with Gasteiger partial charge in [-0.1, -0.05) is 36.2 Å². The van der Waals surface area contributed by atoms with Crippen molar-refractivity contribution in [3.63, 3.8) is 0 Å². The van der Waals surface area contributed by atoms with Crippen molar-refractivity contribution in [2.75, 3.05) is 5.75 Å². The van der Waals surface area contributed by atoms with Crippen LogP contribution in [-0.2, 0) is 0 Å². The fourth-order valence-electron chi connectivity index (χ4n) is 2.84. The third-order valence-corrected chi connectivity index (χ3v) is 6.19. The van der Waals surface area contributed by atoms with Crippen LogP contribution in [0.25, 0.3) is 0 Å². The van der Waals surface area contributed by atoms with Crippen LogP contribution in [-0.4, -0.2) is 11.8 Å². The summed E-state index contributed by atoms with van der Waals surface area (Å²) in [7, 11) is 0. The molecule has 0 amide bonds. The molecule has 0 saturated heterocycles. The lowest BCUT2D eigenvalue weighted by Gasteiger charge is -2.35. The molecule has 2 rings (SSSR count). The first-order valence-electron chi connectivity index (χ1n) is 7.20. The molecule has 1 saturated carbocycles. The molecule has 106 valence electrons. The zero-order chi connectivity index (χ0) is 13.8. The Kier molecular flexibility index (Phi) is 5.79. The summed E-state index contributed by atoms with van der Waals surface area (Å²) in [6.07, 6.45) is 3.97. The molecule has 1 nitrogen and oxygen atoms in total. The van der Waals surface area contributed by atoms with Crippen LogP contribution in [0.4, 0.5) is 0 Å². The van der Waals surface area contributed by atoms with Crippen LogP contribution in [0, 0.1) is 17.8 Å².